The smallest absolute Gasteiger partial charge is 0.338 e. The molecule has 4 aromatic rings. The number of nitrogens with zero attached hydrogens (tertiary/aromatic N) is 4. The summed E-state index contributed by atoms with van der Waals surface area (Å²) in [5.41, 5.74) is 3.57. The van der Waals surface area contributed by atoms with E-state index in [0.29, 0.717) is 33.0 Å². The molecule has 0 radical (unpaired) electrons. The first-order valence-electron chi connectivity index (χ1n) is 12.3. The molecule has 0 unspecified atom stereocenters. The van der Waals surface area contributed by atoms with Crippen LogP contribution in [0.1, 0.15) is 37.9 Å². The number of imidazole rings is 1. The maximum absolute atomic E-state index is 13.8. The monoisotopic (exact) mass is 532 g/mol. The molecular formula is C28H28N4O5S. The average Bonchev–Trinajstić information content (AvgIpc) is 3.31. The second kappa shape index (κ2) is 9.94. The first-order valence-corrected chi connectivity index (χ1v) is 13.1. The average molecular weight is 533 g/mol. The molecule has 1 aliphatic rings. The minimum Gasteiger partial charge on any atom is -0.494 e. The van der Waals surface area contributed by atoms with Crippen LogP contribution in [0.2, 0.25) is 0 Å². The molecule has 2 aromatic carbocycles. The molecule has 9 nitrogen and oxygen atoms in total. The van der Waals surface area contributed by atoms with Gasteiger partial charge < -0.3 is 9.47 Å². The fourth-order valence-corrected chi connectivity index (χ4v) is 5.83. The summed E-state index contributed by atoms with van der Waals surface area (Å²) >= 11 is 1.26. The highest BCUT2D eigenvalue weighted by Gasteiger charge is 2.33. The second-order valence-corrected chi connectivity index (χ2v) is 9.96. The summed E-state index contributed by atoms with van der Waals surface area (Å²) in [5.74, 6) is 0.199. The Hall–Kier alpha value is -4.18. The number of allylic oxidation sites excluding steroid dienone is 1. The highest BCUT2D eigenvalue weighted by molar-refractivity contribution is 7.07. The van der Waals surface area contributed by atoms with E-state index >= 15 is 0 Å². The van der Waals surface area contributed by atoms with Crippen molar-refractivity contribution < 1.29 is 14.3 Å². The van der Waals surface area contributed by atoms with Crippen LogP contribution in [0.3, 0.4) is 0 Å². The first-order chi connectivity index (χ1) is 18.2. The Morgan fingerprint density at radius 3 is 2.42 bits per heavy atom. The fourth-order valence-electron chi connectivity index (χ4n) is 4.78. The summed E-state index contributed by atoms with van der Waals surface area (Å²) < 4.78 is 16.1. The third-order valence-corrected chi connectivity index (χ3v) is 7.60. The Bertz CT molecular complexity index is 1840. The summed E-state index contributed by atoms with van der Waals surface area (Å²) in [6.45, 7) is 6.15. The number of ether oxygens (including phenoxy) is 2. The van der Waals surface area contributed by atoms with E-state index in [1.807, 2.05) is 49.4 Å². The molecule has 0 saturated carbocycles. The number of benzene rings is 2. The van der Waals surface area contributed by atoms with Crippen LogP contribution in [0.5, 0.6) is 5.75 Å². The summed E-state index contributed by atoms with van der Waals surface area (Å²) in [5, 5.41) is 0. The van der Waals surface area contributed by atoms with Crippen molar-refractivity contribution in [3.05, 3.63) is 95.0 Å². The van der Waals surface area contributed by atoms with Gasteiger partial charge in [-0.25, -0.2) is 14.6 Å². The van der Waals surface area contributed by atoms with Gasteiger partial charge in [0.2, 0.25) is 0 Å². The second-order valence-electron chi connectivity index (χ2n) is 8.95. The van der Waals surface area contributed by atoms with Gasteiger partial charge in [-0.15, -0.1) is 0 Å². The molecule has 1 aliphatic heterocycles. The lowest BCUT2D eigenvalue weighted by molar-refractivity contribution is -0.139. The van der Waals surface area contributed by atoms with Crippen LogP contribution in [-0.4, -0.2) is 32.9 Å². The highest BCUT2D eigenvalue weighted by Crippen LogP contribution is 2.31. The van der Waals surface area contributed by atoms with E-state index in [-0.39, 0.29) is 17.9 Å². The van der Waals surface area contributed by atoms with Gasteiger partial charge in [-0.3, -0.25) is 18.5 Å². The number of aryl methyl sites for hydroxylation is 2. The van der Waals surface area contributed by atoms with Gasteiger partial charge in [-0.2, -0.15) is 0 Å². The highest BCUT2D eigenvalue weighted by atomic mass is 32.1. The molecule has 196 valence electrons. The van der Waals surface area contributed by atoms with Crippen molar-refractivity contribution in [3.63, 3.8) is 0 Å². The predicted octanol–water partition coefficient (Wildman–Crippen LogP) is 2.39. The summed E-state index contributed by atoms with van der Waals surface area (Å²) in [7, 11) is 3.45. The van der Waals surface area contributed by atoms with Crippen molar-refractivity contribution in [1.29, 1.82) is 0 Å². The number of carbonyl (C=O) groups excluding carboxylic acids is 1. The molecule has 0 saturated heterocycles. The molecule has 0 N–H and O–H groups in total. The molecule has 0 amide bonds. The van der Waals surface area contributed by atoms with Crippen LogP contribution in [0, 0.1) is 0 Å². The van der Waals surface area contributed by atoms with E-state index < -0.39 is 12.0 Å². The molecule has 0 spiro atoms. The van der Waals surface area contributed by atoms with Crippen molar-refractivity contribution in [3.8, 4) is 5.75 Å². The number of hydrogen-bond acceptors (Lipinski definition) is 7. The quantitative estimate of drug-likeness (QED) is 0.355. The number of carbonyl (C=O) groups is 1. The van der Waals surface area contributed by atoms with Gasteiger partial charge >= 0.3 is 11.7 Å². The van der Waals surface area contributed by atoms with E-state index in [2.05, 4.69) is 4.99 Å². The predicted molar refractivity (Wildman–Crippen MR) is 146 cm³/mol. The van der Waals surface area contributed by atoms with E-state index in [1.54, 1.807) is 47.7 Å². The largest absolute Gasteiger partial charge is 0.494 e. The Morgan fingerprint density at radius 1 is 1.03 bits per heavy atom. The van der Waals surface area contributed by atoms with Gasteiger partial charge in [0.15, 0.2) is 4.80 Å². The normalized spacial score (nSPS) is 15.5. The number of thiazole rings is 1. The van der Waals surface area contributed by atoms with E-state index in [1.165, 1.54) is 11.3 Å². The Morgan fingerprint density at radius 2 is 1.74 bits per heavy atom. The Balaban J connectivity index is 1.69. The lowest BCUT2D eigenvalue weighted by Crippen LogP contribution is -2.39. The summed E-state index contributed by atoms with van der Waals surface area (Å²) in [4.78, 5) is 44.3. The van der Waals surface area contributed by atoms with E-state index in [0.717, 1.165) is 22.2 Å². The van der Waals surface area contributed by atoms with Crippen LogP contribution in [0.15, 0.2) is 68.3 Å². The molecule has 38 heavy (non-hydrogen) atoms. The number of fused-ring (bicyclic) bond motifs is 2. The maximum Gasteiger partial charge on any atom is 0.338 e. The molecule has 2 aromatic heterocycles. The summed E-state index contributed by atoms with van der Waals surface area (Å²) in [6.07, 6.45) is 1.79. The van der Waals surface area contributed by atoms with Crippen LogP contribution >= 0.6 is 11.3 Å². The minimum absolute atomic E-state index is 0.117. The number of hydrogen-bond donors (Lipinski definition) is 0. The van der Waals surface area contributed by atoms with Crippen LogP contribution in [0.4, 0.5) is 0 Å². The first kappa shape index (κ1) is 25.5. The third kappa shape index (κ3) is 4.20. The van der Waals surface area contributed by atoms with Gasteiger partial charge in [0.25, 0.3) is 5.56 Å². The van der Waals surface area contributed by atoms with E-state index in [9.17, 15) is 14.4 Å². The Kier molecular flexibility index (Phi) is 6.66. The lowest BCUT2D eigenvalue weighted by Gasteiger charge is -2.24. The zero-order chi connectivity index (χ0) is 27.1. The van der Waals surface area contributed by atoms with Crippen LogP contribution < -0.4 is 25.3 Å². The topological polar surface area (TPSA) is 96.8 Å². The van der Waals surface area contributed by atoms with Crippen LogP contribution in [-0.2, 0) is 23.6 Å². The lowest BCUT2D eigenvalue weighted by atomic mass is 9.96. The minimum atomic E-state index is -0.694. The fraction of sp³-hybridized carbons (Fsp3) is 0.286. The van der Waals surface area contributed by atoms with Crippen molar-refractivity contribution >= 4 is 34.4 Å². The van der Waals surface area contributed by atoms with Crippen molar-refractivity contribution in [2.24, 2.45) is 19.1 Å². The molecule has 0 fully saturated rings. The molecule has 10 heteroatoms. The molecule has 0 bridgehead atoms. The number of aromatic nitrogens is 3. The SMILES string of the molecule is CCOC(=O)C1=C(C)N=c2s/c(=C\c3ccc4c(c3)n(C)c(=O)n4C)c(=O)n2[C@H]1c1ccc(OCC)cc1. The molecule has 5 rings (SSSR count). The van der Waals surface area contributed by atoms with Gasteiger partial charge in [-0.1, -0.05) is 29.5 Å². The Labute approximate surface area is 222 Å². The van der Waals surface area contributed by atoms with Gasteiger partial charge in [-0.05, 0) is 62.2 Å². The number of rotatable bonds is 6. The van der Waals surface area contributed by atoms with Crippen molar-refractivity contribution in [2.45, 2.75) is 26.8 Å². The molecular weight excluding hydrogens is 504 g/mol. The van der Waals surface area contributed by atoms with Crippen LogP contribution in [0.25, 0.3) is 17.1 Å². The van der Waals surface area contributed by atoms with Gasteiger partial charge in [0, 0.05) is 14.1 Å². The summed E-state index contributed by atoms with van der Waals surface area (Å²) in [6, 6.07) is 12.3. The van der Waals surface area contributed by atoms with Crippen molar-refractivity contribution in [2.75, 3.05) is 13.2 Å². The van der Waals surface area contributed by atoms with Gasteiger partial charge in [0.1, 0.15) is 5.75 Å². The molecule has 0 aliphatic carbocycles. The zero-order valence-electron chi connectivity index (χ0n) is 21.8. The van der Waals surface area contributed by atoms with Gasteiger partial charge in [0.05, 0.1) is 46.1 Å². The van der Waals surface area contributed by atoms with E-state index in [4.69, 9.17) is 9.47 Å². The third-order valence-electron chi connectivity index (χ3n) is 6.62. The standard InChI is InChI=1S/C28H28N4O5S/c1-6-36-19-11-9-18(10-12-19)24-23(26(34)37-7-2)16(3)29-27-32(24)25(33)22(38-27)15-17-8-13-20-21(14-17)31(5)28(35)30(20)4/h8-15,24H,6-7H2,1-5H3/b22-15-/t24-/m0/s1. The zero-order valence-corrected chi connectivity index (χ0v) is 22.7. The van der Waals surface area contributed by atoms with Crippen molar-refractivity contribution in [1.82, 2.24) is 13.7 Å². The maximum atomic E-state index is 13.8. The molecule has 1 atom stereocenters. The number of esters is 1. The molecule has 3 heterocycles.